The maximum absolute atomic E-state index is 2.72. The van der Waals surface area contributed by atoms with Crippen molar-refractivity contribution in [2.45, 2.75) is 112 Å². The predicted octanol–water partition coefficient (Wildman–Crippen LogP) is 7.86. The first-order chi connectivity index (χ1) is 11.6. The van der Waals surface area contributed by atoms with E-state index in [-0.39, 0.29) is 0 Å². The topological polar surface area (TPSA) is 0 Å². The second-order valence-electron chi connectivity index (χ2n) is 10.1. The van der Waals surface area contributed by atoms with Crippen molar-refractivity contribution < 1.29 is 0 Å². The molecule has 0 bridgehead atoms. The van der Waals surface area contributed by atoms with Gasteiger partial charge in [-0.05, 0) is 91.8 Å². The minimum absolute atomic E-state index is 0.708. The summed E-state index contributed by atoms with van der Waals surface area (Å²) in [6.07, 6.45) is 18.5. The first-order valence-electron chi connectivity index (χ1n) is 11.6. The fourth-order valence-corrected chi connectivity index (χ4v) is 8.01. The van der Waals surface area contributed by atoms with Crippen LogP contribution in [0.2, 0.25) is 0 Å². The van der Waals surface area contributed by atoms with Gasteiger partial charge >= 0.3 is 0 Å². The Labute approximate surface area is 152 Å². The molecule has 7 atom stereocenters. The molecule has 4 saturated carbocycles. The number of rotatable bonds is 2. The van der Waals surface area contributed by atoms with Gasteiger partial charge in [0.25, 0.3) is 0 Å². The van der Waals surface area contributed by atoms with Crippen LogP contribution in [0.15, 0.2) is 0 Å². The molecule has 4 fully saturated rings. The Morgan fingerprint density at radius 1 is 0.833 bits per heavy atom. The van der Waals surface area contributed by atoms with Gasteiger partial charge in [0.2, 0.25) is 0 Å². The maximum Gasteiger partial charge on any atom is -0.0266 e. The van der Waals surface area contributed by atoms with Crippen molar-refractivity contribution in [3.05, 3.63) is 0 Å². The van der Waals surface area contributed by atoms with Crippen LogP contribution in [0.3, 0.4) is 0 Å². The molecule has 24 heavy (non-hydrogen) atoms. The molecular formula is C24H44. The van der Waals surface area contributed by atoms with E-state index >= 15 is 0 Å². The van der Waals surface area contributed by atoms with Gasteiger partial charge in [-0.3, -0.25) is 0 Å². The van der Waals surface area contributed by atoms with Crippen LogP contribution in [0, 0.1) is 40.4 Å². The van der Waals surface area contributed by atoms with Crippen LogP contribution in [0.4, 0.5) is 0 Å². The molecule has 140 valence electrons. The van der Waals surface area contributed by atoms with Gasteiger partial charge in [-0.15, -0.1) is 0 Å². The van der Waals surface area contributed by atoms with Crippen LogP contribution in [-0.2, 0) is 0 Å². The summed E-state index contributed by atoms with van der Waals surface area (Å²) in [7, 11) is 0. The second kappa shape index (κ2) is 7.32. The summed E-state index contributed by atoms with van der Waals surface area (Å²) < 4.78 is 0. The van der Waals surface area contributed by atoms with Gasteiger partial charge in [-0.1, -0.05) is 60.3 Å². The molecule has 0 nitrogen and oxygen atoms in total. The molecule has 0 aromatic carbocycles. The molecule has 4 aliphatic rings. The zero-order valence-electron chi connectivity index (χ0n) is 17.4. The third kappa shape index (κ3) is 2.88. The van der Waals surface area contributed by atoms with Crippen LogP contribution in [0.1, 0.15) is 112 Å². The Morgan fingerprint density at radius 2 is 1.58 bits per heavy atom. The highest BCUT2D eigenvalue weighted by Gasteiger charge is 2.58. The highest BCUT2D eigenvalue weighted by Crippen LogP contribution is 2.67. The van der Waals surface area contributed by atoms with E-state index in [4.69, 9.17) is 0 Å². The summed E-state index contributed by atoms with van der Waals surface area (Å²) in [4.78, 5) is 0. The Morgan fingerprint density at radius 3 is 2.33 bits per heavy atom. The molecule has 0 saturated heterocycles. The van der Waals surface area contributed by atoms with E-state index in [0.717, 1.165) is 29.6 Å². The zero-order chi connectivity index (χ0) is 17.4. The molecule has 4 aliphatic carbocycles. The van der Waals surface area contributed by atoms with E-state index in [1.54, 1.807) is 51.4 Å². The number of fused-ring (bicyclic) bond motifs is 4. The highest BCUT2D eigenvalue weighted by atomic mass is 14.6. The van der Waals surface area contributed by atoms with E-state index in [1.165, 1.54) is 25.7 Å². The lowest BCUT2D eigenvalue weighted by Crippen LogP contribution is -2.51. The average molecular weight is 333 g/mol. The molecule has 0 aliphatic heterocycles. The molecule has 0 spiro atoms. The number of hydrogen-bond donors (Lipinski definition) is 0. The van der Waals surface area contributed by atoms with Gasteiger partial charge in [-0.2, -0.15) is 0 Å². The number of hydrogen-bond acceptors (Lipinski definition) is 0. The molecule has 0 heteroatoms. The largest absolute Gasteiger partial charge is 0.0683 e. The lowest BCUT2D eigenvalue weighted by Gasteiger charge is -2.60. The minimum Gasteiger partial charge on any atom is -0.0683 e. The SMILES string of the molecule is CC.CCCC1CCC2CC3CCC4CCCCC4(C)C3CC12C. The van der Waals surface area contributed by atoms with E-state index in [1.807, 2.05) is 13.8 Å². The first-order valence-corrected chi connectivity index (χ1v) is 11.6. The first kappa shape index (κ1) is 18.8. The van der Waals surface area contributed by atoms with Crippen molar-refractivity contribution >= 4 is 0 Å². The van der Waals surface area contributed by atoms with Gasteiger partial charge in [0.15, 0.2) is 0 Å². The zero-order valence-corrected chi connectivity index (χ0v) is 17.4. The van der Waals surface area contributed by atoms with E-state index in [2.05, 4.69) is 20.8 Å². The standard InChI is InChI=1S/C22H38.C2H6/c1-4-7-17-11-12-19-14-16-9-10-18-8-5-6-13-21(18,2)20(16)15-22(17,19)3;1-2/h16-20H,4-15H2,1-3H3;1-2H3. The van der Waals surface area contributed by atoms with Gasteiger partial charge in [0, 0.05) is 0 Å². The van der Waals surface area contributed by atoms with Crippen molar-refractivity contribution in [3.63, 3.8) is 0 Å². The molecular weight excluding hydrogens is 288 g/mol. The van der Waals surface area contributed by atoms with E-state index < -0.39 is 0 Å². The Balaban J connectivity index is 0.000000815. The maximum atomic E-state index is 2.72. The molecule has 0 amide bonds. The van der Waals surface area contributed by atoms with E-state index in [0.29, 0.717) is 10.8 Å². The third-order valence-electron chi connectivity index (χ3n) is 9.37. The van der Waals surface area contributed by atoms with Crippen LogP contribution in [-0.4, -0.2) is 0 Å². The Bertz CT molecular complexity index is 412. The summed E-state index contributed by atoms with van der Waals surface area (Å²) >= 11 is 0. The normalized spacial score (nSPS) is 50.1. The van der Waals surface area contributed by atoms with Crippen LogP contribution in [0.5, 0.6) is 0 Å². The molecule has 0 N–H and O–H groups in total. The second-order valence-corrected chi connectivity index (χ2v) is 10.1. The molecule has 0 aromatic heterocycles. The average Bonchev–Trinajstić information content (AvgIpc) is 2.91. The summed E-state index contributed by atoms with van der Waals surface area (Å²) in [6.45, 7) is 11.8. The van der Waals surface area contributed by atoms with Crippen molar-refractivity contribution in [1.29, 1.82) is 0 Å². The van der Waals surface area contributed by atoms with Crippen molar-refractivity contribution in [1.82, 2.24) is 0 Å². The monoisotopic (exact) mass is 332 g/mol. The summed E-state index contributed by atoms with van der Waals surface area (Å²) in [5.74, 6) is 5.38. The third-order valence-corrected chi connectivity index (χ3v) is 9.37. The lowest BCUT2D eigenvalue weighted by atomic mass is 9.45. The fraction of sp³-hybridized carbons (Fsp3) is 1.00. The summed E-state index contributed by atoms with van der Waals surface area (Å²) in [6, 6.07) is 0. The van der Waals surface area contributed by atoms with Gasteiger partial charge < -0.3 is 0 Å². The van der Waals surface area contributed by atoms with Gasteiger partial charge in [0.1, 0.15) is 0 Å². The molecule has 0 radical (unpaired) electrons. The summed E-state index contributed by atoms with van der Waals surface area (Å²) in [5.41, 5.74) is 1.42. The van der Waals surface area contributed by atoms with Crippen LogP contribution < -0.4 is 0 Å². The predicted molar refractivity (Wildman–Crippen MR) is 106 cm³/mol. The van der Waals surface area contributed by atoms with E-state index in [9.17, 15) is 0 Å². The lowest BCUT2D eigenvalue weighted by molar-refractivity contribution is -0.106. The highest BCUT2D eigenvalue weighted by molar-refractivity contribution is 5.07. The minimum atomic E-state index is 0.708. The van der Waals surface area contributed by atoms with Gasteiger partial charge in [0.05, 0.1) is 0 Å². The molecule has 0 heterocycles. The summed E-state index contributed by atoms with van der Waals surface area (Å²) in [5, 5.41) is 0. The molecule has 7 unspecified atom stereocenters. The van der Waals surface area contributed by atoms with Crippen LogP contribution in [0.25, 0.3) is 0 Å². The van der Waals surface area contributed by atoms with Crippen molar-refractivity contribution in [2.24, 2.45) is 40.4 Å². The quantitative estimate of drug-likeness (QED) is 0.482. The van der Waals surface area contributed by atoms with Crippen molar-refractivity contribution in [3.8, 4) is 0 Å². The Hall–Kier alpha value is 0. The van der Waals surface area contributed by atoms with Crippen molar-refractivity contribution in [2.75, 3.05) is 0 Å². The van der Waals surface area contributed by atoms with Crippen LogP contribution >= 0.6 is 0 Å². The Kier molecular flexibility index (Phi) is 5.73. The van der Waals surface area contributed by atoms with Gasteiger partial charge in [-0.25, -0.2) is 0 Å². The molecule has 4 rings (SSSR count). The smallest absolute Gasteiger partial charge is 0.0266 e. The molecule has 0 aromatic rings. The fourth-order valence-electron chi connectivity index (χ4n) is 8.01.